The van der Waals surface area contributed by atoms with E-state index < -0.39 is 35.8 Å². The van der Waals surface area contributed by atoms with Gasteiger partial charge in [-0.05, 0) is 30.0 Å². The smallest absolute Gasteiger partial charge is 0.330 e. The van der Waals surface area contributed by atoms with Crippen LogP contribution in [-0.2, 0) is 14.4 Å². The van der Waals surface area contributed by atoms with Crippen molar-refractivity contribution < 1.29 is 26.0 Å². The van der Waals surface area contributed by atoms with Crippen molar-refractivity contribution in [2.24, 2.45) is 11.6 Å². The maximum atomic E-state index is 12.8. The molecule has 1 aromatic carbocycles. The summed E-state index contributed by atoms with van der Waals surface area (Å²) >= 11 is 0. The van der Waals surface area contributed by atoms with Crippen molar-refractivity contribution in [3.63, 3.8) is 0 Å². The first-order chi connectivity index (χ1) is 13.2. The third-order valence-corrected chi connectivity index (χ3v) is 4.65. The van der Waals surface area contributed by atoms with Gasteiger partial charge in [0.25, 0.3) is 0 Å². The minimum Gasteiger partial charge on any atom is -0.508 e. The zero-order valence-electron chi connectivity index (χ0n) is 16.1. The summed E-state index contributed by atoms with van der Waals surface area (Å²) in [5.74, 6) is -3.38. The lowest BCUT2D eigenvalue weighted by Crippen LogP contribution is -2.51. The zero-order valence-corrected chi connectivity index (χ0v) is 15.1. The first-order valence-corrected chi connectivity index (χ1v) is 9.06. The van der Waals surface area contributed by atoms with E-state index in [0.717, 1.165) is 19.3 Å². The Bertz CT molecular complexity index is 704. The number of carbonyl (C=O) groups is 3. The van der Waals surface area contributed by atoms with Crippen LogP contribution in [0.15, 0.2) is 24.3 Å². The van der Waals surface area contributed by atoms with Crippen LogP contribution in [0.3, 0.4) is 0 Å². The number of carbonyl (C=O) groups excluding carboxylic acids is 2. The molecular weight excluding hydrogens is 350 g/mol. The van der Waals surface area contributed by atoms with Gasteiger partial charge in [0, 0.05) is 1.37 Å². The van der Waals surface area contributed by atoms with Gasteiger partial charge in [0.15, 0.2) is 6.04 Å². The molecular formula is C19H27N3O5. The topological polar surface area (TPSA) is 142 Å². The SMILES string of the molecule is [2H]C1(C[C@H](NC(=O)CN)C(=O)N[C@@H](C(=O)O)c2ccc(O)cc2)CCCCC1. The Balaban J connectivity index is 2.17. The van der Waals surface area contributed by atoms with E-state index >= 15 is 0 Å². The quantitative estimate of drug-likeness (QED) is 0.458. The Morgan fingerprint density at radius 2 is 1.78 bits per heavy atom. The van der Waals surface area contributed by atoms with Crippen molar-refractivity contribution in [3.8, 4) is 5.75 Å². The van der Waals surface area contributed by atoms with Gasteiger partial charge < -0.3 is 26.6 Å². The minimum absolute atomic E-state index is 0.0271. The molecule has 0 bridgehead atoms. The number of hydrogen-bond acceptors (Lipinski definition) is 5. The van der Waals surface area contributed by atoms with E-state index in [1.807, 2.05) is 0 Å². The van der Waals surface area contributed by atoms with Gasteiger partial charge in [-0.2, -0.15) is 0 Å². The van der Waals surface area contributed by atoms with Crippen LogP contribution in [-0.4, -0.2) is 40.6 Å². The van der Waals surface area contributed by atoms with E-state index in [-0.39, 0.29) is 24.3 Å². The number of aliphatic carboxylic acids is 1. The molecule has 2 amide bonds. The molecule has 1 aliphatic rings. The van der Waals surface area contributed by atoms with E-state index in [9.17, 15) is 24.6 Å². The molecule has 2 atom stereocenters. The van der Waals surface area contributed by atoms with Crippen molar-refractivity contribution in [1.29, 1.82) is 0 Å². The molecule has 0 heterocycles. The van der Waals surface area contributed by atoms with Crippen LogP contribution >= 0.6 is 0 Å². The second kappa shape index (κ2) is 9.91. The molecule has 1 saturated carbocycles. The van der Waals surface area contributed by atoms with Crippen LogP contribution in [0.25, 0.3) is 0 Å². The van der Waals surface area contributed by atoms with Gasteiger partial charge in [-0.15, -0.1) is 0 Å². The number of phenols is 1. The number of nitrogens with one attached hydrogen (secondary N) is 2. The molecule has 8 heteroatoms. The van der Waals surface area contributed by atoms with Crippen molar-refractivity contribution in [3.05, 3.63) is 29.8 Å². The highest BCUT2D eigenvalue weighted by atomic mass is 16.4. The molecule has 148 valence electrons. The number of carboxylic acids is 1. The number of nitrogens with two attached hydrogens (primary N) is 1. The lowest BCUT2D eigenvalue weighted by Gasteiger charge is -2.27. The predicted molar refractivity (Wildman–Crippen MR) is 98.8 cm³/mol. The molecule has 27 heavy (non-hydrogen) atoms. The Hall–Kier alpha value is -2.61. The predicted octanol–water partition coefficient (Wildman–Crippen LogP) is 1.05. The van der Waals surface area contributed by atoms with Crippen LogP contribution in [0, 0.1) is 5.89 Å². The van der Waals surface area contributed by atoms with E-state index in [2.05, 4.69) is 10.6 Å². The number of benzene rings is 1. The molecule has 0 unspecified atom stereocenters. The Labute approximate surface area is 159 Å². The number of rotatable bonds is 8. The molecule has 6 N–H and O–H groups in total. The maximum Gasteiger partial charge on any atom is 0.330 e. The second-order valence-corrected chi connectivity index (χ2v) is 6.71. The van der Waals surface area contributed by atoms with Gasteiger partial charge in [0.05, 0.1) is 6.54 Å². The molecule has 0 aliphatic heterocycles. The fourth-order valence-electron chi connectivity index (χ4n) is 3.20. The lowest BCUT2D eigenvalue weighted by atomic mass is 9.84. The first kappa shape index (κ1) is 19.2. The normalized spacial score (nSPS) is 18.6. The summed E-state index contributed by atoms with van der Waals surface area (Å²) < 4.78 is 8.59. The van der Waals surface area contributed by atoms with E-state index in [4.69, 9.17) is 7.10 Å². The van der Waals surface area contributed by atoms with Gasteiger partial charge in [-0.3, -0.25) is 9.59 Å². The van der Waals surface area contributed by atoms with E-state index in [1.54, 1.807) is 0 Å². The number of carboxylic acid groups (broad SMARTS) is 1. The van der Waals surface area contributed by atoms with Crippen LogP contribution < -0.4 is 16.4 Å². The monoisotopic (exact) mass is 378 g/mol. The van der Waals surface area contributed by atoms with Gasteiger partial charge in [-0.1, -0.05) is 44.2 Å². The average Bonchev–Trinajstić information content (AvgIpc) is 2.66. The molecule has 0 aromatic heterocycles. The van der Waals surface area contributed by atoms with Gasteiger partial charge >= 0.3 is 5.97 Å². The van der Waals surface area contributed by atoms with Gasteiger partial charge in [0.2, 0.25) is 11.8 Å². The summed E-state index contributed by atoms with van der Waals surface area (Å²) in [4.78, 5) is 36.2. The lowest BCUT2D eigenvalue weighted by molar-refractivity contribution is -0.142. The van der Waals surface area contributed by atoms with Crippen molar-refractivity contribution >= 4 is 17.8 Å². The fourth-order valence-corrected chi connectivity index (χ4v) is 3.20. The molecule has 2 rings (SSSR count). The molecule has 0 saturated heterocycles. The summed E-state index contributed by atoms with van der Waals surface area (Å²) in [5.41, 5.74) is 5.61. The first-order valence-electron chi connectivity index (χ1n) is 9.56. The average molecular weight is 378 g/mol. The highest BCUT2D eigenvalue weighted by molar-refractivity contribution is 5.91. The summed E-state index contributed by atoms with van der Waals surface area (Å²) in [7, 11) is 0. The summed E-state index contributed by atoms with van der Waals surface area (Å²) in [6, 6.07) is 3.05. The van der Waals surface area contributed by atoms with Crippen LogP contribution in [0.1, 0.15) is 51.5 Å². The fraction of sp³-hybridized carbons (Fsp3) is 0.526. The highest BCUT2D eigenvalue weighted by Crippen LogP contribution is 2.27. The molecule has 1 aliphatic carbocycles. The number of aromatic hydroxyl groups is 1. The Morgan fingerprint density at radius 1 is 1.15 bits per heavy atom. The third kappa shape index (κ3) is 6.25. The number of phenolic OH excluding ortho intramolecular Hbond substituents is 1. The largest absolute Gasteiger partial charge is 0.508 e. The van der Waals surface area contributed by atoms with E-state index in [0.29, 0.717) is 12.8 Å². The maximum absolute atomic E-state index is 12.8. The van der Waals surface area contributed by atoms with Crippen molar-refractivity contribution in [2.75, 3.05) is 6.54 Å². The Kier molecular flexibility index (Phi) is 7.04. The van der Waals surface area contributed by atoms with Crippen LogP contribution in [0.5, 0.6) is 5.75 Å². The van der Waals surface area contributed by atoms with Crippen LogP contribution in [0.2, 0.25) is 0 Å². The second-order valence-electron chi connectivity index (χ2n) is 6.71. The van der Waals surface area contributed by atoms with Crippen molar-refractivity contribution in [2.45, 2.75) is 50.6 Å². The third-order valence-electron chi connectivity index (χ3n) is 4.65. The number of hydrogen-bond donors (Lipinski definition) is 5. The van der Waals surface area contributed by atoms with Gasteiger partial charge in [0.1, 0.15) is 11.8 Å². The molecule has 0 radical (unpaired) electrons. The Morgan fingerprint density at radius 3 is 2.33 bits per heavy atom. The number of amides is 2. The standard InChI is InChI=1S/C19H27N3O5/c20-11-16(24)21-15(10-12-4-2-1-3-5-12)18(25)22-17(19(26)27)13-6-8-14(23)9-7-13/h6-9,12,15,17,23H,1-5,10-11,20H2,(H,21,24)(H,22,25)(H,26,27)/t15-,17+/m0/s1/i12D. The summed E-state index contributed by atoms with van der Waals surface area (Å²) in [6.07, 6.45) is 4.13. The zero-order chi connectivity index (χ0) is 20.7. The molecule has 0 spiro atoms. The summed E-state index contributed by atoms with van der Waals surface area (Å²) in [5, 5.41) is 23.8. The molecule has 1 fully saturated rings. The van der Waals surface area contributed by atoms with Gasteiger partial charge in [-0.25, -0.2) is 4.79 Å². The molecule has 1 aromatic rings. The highest BCUT2D eigenvalue weighted by Gasteiger charge is 2.29. The van der Waals surface area contributed by atoms with Crippen LogP contribution in [0.4, 0.5) is 0 Å². The minimum atomic E-state index is -1.35. The summed E-state index contributed by atoms with van der Waals surface area (Å²) in [6.45, 7) is -0.310. The van der Waals surface area contributed by atoms with Crippen molar-refractivity contribution in [1.82, 2.24) is 10.6 Å². The van der Waals surface area contributed by atoms with E-state index in [1.165, 1.54) is 24.3 Å². The molecule has 8 nitrogen and oxygen atoms in total.